The number of hydrogen-bond donors (Lipinski definition) is 1. The van der Waals surface area contributed by atoms with Crippen LogP contribution in [0.25, 0.3) is 21.7 Å². The molecule has 2 fully saturated rings. The van der Waals surface area contributed by atoms with Crippen molar-refractivity contribution in [3.8, 4) is 5.75 Å². The molecular formula is C31H33N3O5. The van der Waals surface area contributed by atoms with Gasteiger partial charge in [-0.2, -0.15) is 0 Å². The number of rotatable bonds is 5. The lowest BCUT2D eigenvalue weighted by atomic mass is 10.0. The first-order valence-corrected chi connectivity index (χ1v) is 13.6. The van der Waals surface area contributed by atoms with Crippen LogP contribution in [0.2, 0.25) is 0 Å². The van der Waals surface area contributed by atoms with Crippen molar-refractivity contribution in [3.63, 3.8) is 0 Å². The highest BCUT2D eigenvalue weighted by molar-refractivity contribution is 6.09. The number of ether oxygens (including phenoxy) is 1. The minimum atomic E-state index is -0.911. The van der Waals surface area contributed by atoms with Gasteiger partial charge in [-0.05, 0) is 74.9 Å². The second-order valence-electron chi connectivity index (χ2n) is 11.1. The first-order chi connectivity index (χ1) is 18.8. The van der Waals surface area contributed by atoms with E-state index in [0.717, 1.165) is 41.2 Å². The van der Waals surface area contributed by atoms with Gasteiger partial charge < -0.3 is 24.1 Å². The van der Waals surface area contributed by atoms with Crippen molar-refractivity contribution < 1.29 is 23.8 Å². The average Bonchev–Trinajstić information content (AvgIpc) is 3.58. The van der Waals surface area contributed by atoms with E-state index >= 15 is 0 Å². The average molecular weight is 528 g/mol. The third-order valence-electron chi connectivity index (χ3n) is 8.05. The van der Waals surface area contributed by atoms with Crippen LogP contribution < -0.4 is 4.74 Å². The minimum Gasteiger partial charge on any atom is -0.489 e. The van der Waals surface area contributed by atoms with E-state index in [2.05, 4.69) is 11.9 Å². The zero-order chi connectivity index (χ0) is 27.1. The fourth-order valence-corrected chi connectivity index (χ4v) is 5.68. The van der Waals surface area contributed by atoms with E-state index in [1.165, 1.54) is 0 Å². The predicted octanol–water partition coefficient (Wildman–Crippen LogP) is 5.09. The second kappa shape index (κ2) is 10.0. The maximum Gasteiger partial charge on any atom is 0.272 e. The molecule has 1 unspecified atom stereocenters. The molecular weight excluding hydrogens is 494 g/mol. The molecule has 1 N–H and O–H groups in total. The number of piperidine rings is 1. The van der Waals surface area contributed by atoms with Gasteiger partial charge >= 0.3 is 0 Å². The van der Waals surface area contributed by atoms with Crippen molar-refractivity contribution >= 4 is 33.5 Å². The number of hydrogen-bond acceptors (Lipinski definition) is 6. The highest BCUT2D eigenvalue weighted by Gasteiger charge is 2.35. The molecule has 6 rings (SSSR count). The fraction of sp³-hybridized carbons (Fsp3) is 0.387. The van der Waals surface area contributed by atoms with Crippen LogP contribution in [0.3, 0.4) is 0 Å². The van der Waals surface area contributed by atoms with Gasteiger partial charge in [-0.15, -0.1) is 0 Å². The van der Waals surface area contributed by atoms with Crippen molar-refractivity contribution in [3.05, 3.63) is 71.3 Å². The summed E-state index contributed by atoms with van der Waals surface area (Å²) in [6.07, 6.45) is 7.04. The number of fused-ring (bicyclic) bond motifs is 2. The van der Waals surface area contributed by atoms with Crippen molar-refractivity contribution in [2.24, 2.45) is 0 Å². The SMILES string of the molecule is Cc1c(COc2ccc3nc(C(=O)N4CCC(C)(O)C4)cc(C(=O)N4CCCCC4)c3c2)ccc2cocc12. The van der Waals surface area contributed by atoms with Gasteiger partial charge in [-0.3, -0.25) is 9.59 Å². The highest BCUT2D eigenvalue weighted by Crippen LogP contribution is 2.29. The fourth-order valence-electron chi connectivity index (χ4n) is 5.68. The molecule has 0 saturated carbocycles. The standard InChI is InChI=1S/C31H33N3O5/c1-20-21(6-7-22-16-38-18-26(20)22)17-39-23-8-9-27-24(14-23)25(29(35)33-11-4-3-5-12-33)15-28(32-27)30(36)34-13-10-31(2,37)19-34/h6-9,14-16,18,37H,3-5,10-13,17,19H2,1-2H3. The number of benzene rings is 2. The number of likely N-dealkylation sites (tertiary alicyclic amines) is 2. The van der Waals surface area contributed by atoms with Crippen molar-refractivity contribution in [1.29, 1.82) is 0 Å². The highest BCUT2D eigenvalue weighted by atomic mass is 16.5. The van der Waals surface area contributed by atoms with Gasteiger partial charge in [0.2, 0.25) is 0 Å². The second-order valence-corrected chi connectivity index (χ2v) is 11.1. The van der Waals surface area contributed by atoms with Gasteiger partial charge in [-0.1, -0.05) is 12.1 Å². The Labute approximate surface area is 227 Å². The Morgan fingerprint density at radius 1 is 1.00 bits per heavy atom. The molecule has 0 radical (unpaired) electrons. The molecule has 2 aromatic heterocycles. The third-order valence-corrected chi connectivity index (χ3v) is 8.05. The van der Waals surface area contributed by atoms with Gasteiger partial charge in [0.25, 0.3) is 11.8 Å². The summed E-state index contributed by atoms with van der Waals surface area (Å²) in [7, 11) is 0. The Bertz CT molecular complexity index is 1570. The topological polar surface area (TPSA) is 96.1 Å². The number of β-amino-alcohol motifs (C(OH)–C–C–N with tert-alkyl or cyclic N) is 1. The smallest absolute Gasteiger partial charge is 0.272 e. The maximum absolute atomic E-state index is 13.7. The number of pyridine rings is 1. The number of carbonyl (C=O) groups excluding carboxylic acids is 2. The molecule has 202 valence electrons. The van der Waals surface area contributed by atoms with E-state index < -0.39 is 5.60 Å². The molecule has 2 aliphatic heterocycles. The van der Waals surface area contributed by atoms with E-state index in [1.54, 1.807) is 36.5 Å². The number of aryl methyl sites for hydroxylation is 1. The van der Waals surface area contributed by atoms with Gasteiger partial charge in [0.05, 0.1) is 29.2 Å². The summed E-state index contributed by atoms with van der Waals surface area (Å²) in [5.74, 6) is 0.258. The molecule has 2 aromatic carbocycles. The van der Waals surface area contributed by atoms with Gasteiger partial charge in [-0.25, -0.2) is 4.98 Å². The maximum atomic E-state index is 13.7. The Balaban J connectivity index is 1.34. The molecule has 2 saturated heterocycles. The molecule has 1 atom stereocenters. The predicted molar refractivity (Wildman–Crippen MR) is 148 cm³/mol. The number of nitrogens with zero attached hydrogens (tertiary/aromatic N) is 3. The molecule has 4 aromatic rings. The molecule has 4 heterocycles. The van der Waals surface area contributed by atoms with Crippen molar-refractivity contribution in [1.82, 2.24) is 14.8 Å². The normalized spacial score (nSPS) is 19.7. The first-order valence-electron chi connectivity index (χ1n) is 13.6. The lowest BCUT2D eigenvalue weighted by Gasteiger charge is -2.27. The largest absolute Gasteiger partial charge is 0.489 e. The first kappa shape index (κ1) is 25.4. The molecule has 8 nitrogen and oxygen atoms in total. The van der Waals surface area contributed by atoms with Crippen LogP contribution in [0.5, 0.6) is 5.75 Å². The van der Waals surface area contributed by atoms with E-state index in [9.17, 15) is 14.7 Å². The van der Waals surface area contributed by atoms with E-state index in [0.29, 0.717) is 54.9 Å². The summed E-state index contributed by atoms with van der Waals surface area (Å²) >= 11 is 0. The monoisotopic (exact) mass is 527 g/mol. The summed E-state index contributed by atoms with van der Waals surface area (Å²) in [5, 5.41) is 13.1. The quantitative estimate of drug-likeness (QED) is 0.388. The molecule has 0 aliphatic carbocycles. The van der Waals surface area contributed by atoms with Gasteiger partial charge in [0, 0.05) is 42.3 Å². The van der Waals surface area contributed by atoms with E-state index in [1.807, 2.05) is 29.2 Å². The Morgan fingerprint density at radius 3 is 2.59 bits per heavy atom. The summed E-state index contributed by atoms with van der Waals surface area (Å²) < 4.78 is 11.5. The number of carbonyl (C=O) groups is 2. The van der Waals surface area contributed by atoms with Gasteiger partial charge in [0.1, 0.15) is 18.1 Å². The molecule has 2 aliphatic rings. The lowest BCUT2D eigenvalue weighted by Crippen LogP contribution is -2.36. The van der Waals surface area contributed by atoms with Gasteiger partial charge in [0.15, 0.2) is 0 Å². The van der Waals surface area contributed by atoms with Crippen LogP contribution >= 0.6 is 0 Å². The lowest BCUT2D eigenvalue weighted by molar-refractivity contribution is 0.0569. The molecule has 8 heteroatoms. The number of aromatic nitrogens is 1. The van der Waals surface area contributed by atoms with Crippen LogP contribution in [0.1, 0.15) is 64.6 Å². The summed E-state index contributed by atoms with van der Waals surface area (Å²) in [6.45, 7) is 6.26. The summed E-state index contributed by atoms with van der Waals surface area (Å²) in [4.78, 5) is 35.2. The minimum absolute atomic E-state index is 0.0945. The zero-order valence-electron chi connectivity index (χ0n) is 22.4. The van der Waals surface area contributed by atoms with Crippen LogP contribution in [-0.2, 0) is 6.61 Å². The Morgan fingerprint density at radius 2 is 1.82 bits per heavy atom. The Kier molecular flexibility index (Phi) is 6.51. The van der Waals surface area contributed by atoms with Crippen LogP contribution in [0, 0.1) is 6.92 Å². The summed E-state index contributed by atoms with van der Waals surface area (Å²) in [6, 6.07) is 11.2. The van der Waals surface area contributed by atoms with E-state index in [-0.39, 0.29) is 24.1 Å². The molecule has 39 heavy (non-hydrogen) atoms. The molecule has 2 amide bonds. The van der Waals surface area contributed by atoms with Crippen LogP contribution in [0.4, 0.5) is 0 Å². The number of amides is 2. The molecule has 0 spiro atoms. The number of furan rings is 1. The zero-order valence-corrected chi connectivity index (χ0v) is 22.4. The van der Waals surface area contributed by atoms with E-state index in [4.69, 9.17) is 9.15 Å². The van der Waals surface area contributed by atoms with Crippen molar-refractivity contribution in [2.45, 2.75) is 51.7 Å². The van der Waals surface area contributed by atoms with Crippen LogP contribution in [-0.4, -0.2) is 63.5 Å². The third kappa shape index (κ3) is 4.96. The van der Waals surface area contributed by atoms with Crippen LogP contribution in [0.15, 0.2) is 53.3 Å². The summed E-state index contributed by atoms with van der Waals surface area (Å²) in [5.41, 5.74) is 2.49. The molecule has 0 bridgehead atoms. The number of aliphatic hydroxyl groups is 1. The Hall–Kier alpha value is -3.91. The van der Waals surface area contributed by atoms with Crippen molar-refractivity contribution in [2.75, 3.05) is 26.2 Å².